The number of benzene rings is 5. The van der Waals surface area contributed by atoms with Gasteiger partial charge in [-0.3, -0.25) is 4.99 Å². The molecule has 0 saturated carbocycles. The maximum absolute atomic E-state index is 5.28. The van der Waals surface area contributed by atoms with Crippen molar-refractivity contribution < 1.29 is 0 Å². The van der Waals surface area contributed by atoms with Gasteiger partial charge >= 0.3 is 0 Å². The molecule has 0 amide bonds. The van der Waals surface area contributed by atoms with E-state index in [1.165, 1.54) is 65.0 Å². The first-order valence-corrected chi connectivity index (χ1v) is 15.0. The predicted octanol–water partition coefficient (Wildman–Crippen LogP) is 10.3. The third-order valence-electron chi connectivity index (χ3n) is 8.81. The van der Waals surface area contributed by atoms with Gasteiger partial charge < -0.3 is 0 Å². The molecule has 0 unspecified atom stereocenters. The van der Waals surface area contributed by atoms with Crippen LogP contribution in [0.5, 0.6) is 0 Å². The molecule has 192 valence electrons. The highest BCUT2D eigenvalue weighted by atomic mass is 32.1. The van der Waals surface area contributed by atoms with Crippen LogP contribution < -0.4 is 0 Å². The Hall–Kier alpha value is -4.27. The van der Waals surface area contributed by atoms with Gasteiger partial charge in [0.25, 0.3) is 0 Å². The van der Waals surface area contributed by atoms with Crippen LogP contribution in [0.25, 0.3) is 31.7 Å². The van der Waals surface area contributed by atoms with Crippen molar-refractivity contribution in [3.63, 3.8) is 0 Å². The van der Waals surface area contributed by atoms with Gasteiger partial charge in [-0.15, -0.1) is 11.3 Å². The zero-order valence-corrected chi connectivity index (χ0v) is 23.6. The monoisotopic (exact) mass is 531 g/mol. The maximum Gasteiger partial charge on any atom is 0.0740 e. The standard InChI is InChI=1S/C38H29NS/c1-3-13-25-14-4-10-22-33(25)39-24(2)26-18-12-21-32-35(26)37-36(29-17-7-11-23-34(29)40-37)38(32)30-19-8-5-15-27(30)28-16-6-9-20-31(28)38/h4-12,14-23H,3,13H2,1-2H3. The summed E-state index contributed by atoms with van der Waals surface area (Å²) in [5.74, 6) is 0. The van der Waals surface area contributed by atoms with Gasteiger partial charge in [-0.25, -0.2) is 0 Å². The normalized spacial score (nSPS) is 14.3. The molecule has 2 aliphatic carbocycles. The summed E-state index contributed by atoms with van der Waals surface area (Å²) in [5, 5.41) is 1.36. The first-order valence-electron chi connectivity index (χ1n) is 14.2. The van der Waals surface area contributed by atoms with Crippen molar-refractivity contribution in [2.45, 2.75) is 32.1 Å². The summed E-state index contributed by atoms with van der Waals surface area (Å²) in [4.78, 5) is 6.66. The minimum atomic E-state index is -0.339. The van der Waals surface area contributed by atoms with E-state index in [9.17, 15) is 0 Å². The highest BCUT2D eigenvalue weighted by Gasteiger charge is 2.53. The lowest BCUT2D eigenvalue weighted by Crippen LogP contribution is -2.26. The minimum Gasteiger partial charge on any atom is -0.253 e. The third kappa shape index (κ3) is 3.06. The number of aryl methyl sites for hydroxylation is 1. The van der Waals surface area contributed by atoms with Crippen LogP contribution in [0.1, 0.15) is 53.6 Å². The van der Waals surface area contributed by atoms with Gasteiger partial charge in [0.15, 0.2) is 0 Å². The molecule has 40 heavy (non-hydrogen) atoms. The van der Waals surface area contributed by atoms with Gasteiger partial charge in [0.05, 0.1) is 11.1 Å². The third-order valence-corrected chi connectivity index (χ3v) is 10.00. The van der Waals surface area contributed by atoms with Gasteiger partial charge in [0, 0.05) is 26.4 Å². The number of nitrogens with zero attached hydrogens (tertiary/aromatic N) is 1. The summed E-state index contributed by atoms with van der Waals surface area (Å²) < 4.78 is 1.34. The van der Waals surface area contributed by atoms with E-state index in [0.29, 0.717) is 0 Å². The Morgan fingerprint density at radius 3 is 2.12 bits per heavy atom. The summed E-state index contributed by atoms with van der Waals surface area (Å²) in [6.45, 7) is 4.42. The van der Waals surface area contributed by atoms with Crippen molar-refractivity contribution in [2.24, 2.45) is 4.99 Å². The van der Waals surface area contributed by atoms with Crippen LogP contribution in [0, 0.1) is 0 Å². The Kier molecular flexibility index (Phi) is 5.24. The Balaban J connectivity index is 1.48. The first-order chi connectivity index (χ1) is 19.7. The molecule has 0 bridgehead atoms. The van der Waals surface area contributed by atoms with E-state index < -0.39 is 0 Å². The molecular formula is C38H29NS. The number of aliphatic imine (C=N–C) groups is 1. The number of hydrogen-bond donors (Lipinski definition) is 0. The second-order valence-corrected chi connectivity index (χ2v) is 12.0. The van der Waals surface area contributed by atoms with Crippen molar-refractivity contribution in [2.75, 3.05) is 0 Å². The second kappa shape index (κ2) is 8.87. The molecule has 0 radical (unpaired) electrons. The van der Waals surface area contributed by atoms with E-state index in [1.807, 2.05) is 11.3 Å². The largest absolute Gasteiger partial charge is 0.253 e. The molecule has 0 atom stereocenters. The molecule has 2 aliphatic rings. The lowest BCUT2D eigenvalue weighted by Gasteiger charge is -2.30. The van der Waals surface area contributed by atoms with Gasteiger partial charge in [-0.05, 0) is 69.8 Å². The molecule has 1 spiro atoms. The van der Waals surface area contributed by atoms with Gasteiger partial charge in [-0.1, -0.05) is 116 Å². The van der Waals surface area contributed by atoms with Gasteiger partial charge in [0.1, 0.15) is 0 Å². The minimum absolute atomic E-state index is 0.339. The molecular weight excluding hydrogens is 502 g/mol. The number of hydrogen-bond acceptors (Lipinski definition) is 2. The fourth-order valence-corrected chi connectivity index (χ4v) is 8.61. The van der Waals surface area contributed by atoms with Crippen molar-refractivity contribution in [1.29, 1.82) is 0 Å². The molecule has 1 heterocycles. The van der Waals surface area contributed by atoms with Crippen molar-refractivity contribution in [1.82, 2.24) is 0 Å². The lowest BCUT2D eigenvalue weighted by molar-refractivity contribution is 0.802. The van der Waals surface area contributed by atoms with Crippen LogP contribution in [-0.4, -0.2) is 5.71 Å². The maximum atomic E-state index is 5.28. The average molecular weight is 532 g/mol. The molecule has 6 aromatic rings. The van der Waals surface area contributed by atoms with E-state index in [0.717, 1.165) is 24.2 Å². The topological polar surface area (TPSA) is 12.4 Å². The predicted molar refractivity (Wildman–Crippen MR) is 170 cm³/mol. The Morgan fingerprint density at radius 1 is 0.700 bits per heavy atom. The molecule has 0 fully saturated rings. The summed E-state index contributed by atoms with van der Waals surface area (Å²) >= 11 is 1.93. The molecule has 1 aromatic heterocycles. The molecule has 5 aromatic carbocycles. The number of fused-ring (bicyclic) bond motifs is 12. The van der Waals surface area contributed by atoms with Crippen LogP contribution in [0.2, 0.25) is 0 Å². The highest BCUT2D eigenvalue weighted by Crippen LogP contribution is 2.66. The second-order valence-electron chi connectivity index (χ2n) is 10.9. The van der Waals surface area contributed by atoms with Crippen LogP contribution in [0.15, 0.2) is 120 Å². The van der Waals surface area contributed by atoms with Gasteiger partial charge in [-0.2, -0.15) is 0 Å². The lowest BCUT2D eigenvalue weighted by atomic mass is 9.70. The molecule has 8 rings (SSSR count). The van der Waals surface area contributed by atoms with Crippen molar-refractivity contribution in [3.8, 4) is 21.6 Å². The zero-order valence-electron chi connectivity index (χ0n) is 22.7. The molecule has 0 saturated heterocycles. The quantitative estimate of drug-likeness (QED) is 0.200. The van der Waals surface area contributed by atoms with E-state index >= 15 is 0 Å². The Morgan fingerprint density at radius 2 is 1.35 bits per heavy atom. The zero-order chi connectivity index (χ0) is 26.8. The SMILES string of the molecule is CCCc1ccccc1N=C(C)c1cccc2c1-c1sc3ccccc3c1C21c2ccccc2-c2ccccc21. The summed E-state index contributed by atoms with van der Waals surface area (Å²) in [6, 6.07) is 42.6. The average Bonchev–Trinajstić information content (AvgIpc) is 3.62. The number of para-hydroxylation sites is 1. The highest BCUT2D eigenvalue weighted by molar-refractivity contribution is 7.22. The van der Waals surface area contributed by atoms with Crippen molar-refractivity contribution in [3.05, 3.63) is 149 Å². The number of thiophene rings is 1. The van der Waals surface area contributed by atoms with E-state index in [-0.39, 0.29) is 5.41 Å². The van der Waals surface area contributed by atoms with E-state index in [1.54, 1.807) is 0 Å². The smallest absolute Gasteiger partial charge is 0.0740 e. The van der Waals surface area contributed by atoms with Crippen LogP contribution >= 0.6 is 11.3 Å². The fourth-order valence-electron chi connectivity index (χ4n) is 7.28. The Bertz CT molecular complexity index is 1940. The van der Waals surface area contributed by atoms with Crippen molar-refractivity contribution >= 4 is 32.8 Å². The molecule has 0 N–H and O–H groups in total. The van der Waals surface area contributed by atoms with Gasteiger partial charge in [0.2, 0.25) is 0 Å². The summed E-state index contributed by atoms with van der Waals surface area (Å²) in [5.41, 5.74) is 14.0. The van der Waals surface area contributed by atoms with Crippen LogP contribution in [0.4, 0.5) is 5.69 Å². The molecule has 2 heteroatoms. The molecule has 1 nitrogen and oxygen atoms in total. The fraction of sp³-hybridized carbons (Fsp3) is 0.132. The van der Waals surface area contributed by atoms with E-state index in [4.69, 9.17) is 4.99 Å². The van der Waals surface area contributed by atoms with Crippen LogP contribution in [0.3, 0.4) is 0 Å². The van der Waals surface area contributed by atoms with E-state index in [2.05, 4.69) is 129 Å². The van der Waals surface area contributed by atoms with Crippen LogP contribution in [-0.2, 0) is 11.8 Å². The Labute approximate surface area is 239 Å². The molecule has 0 aliphatic heterocycles. The number of rotatable bonds is 4. The first kappa shape index (κ1) is 23.6. The summed E-state index contributed by atoms with van der Waals surface area (Å²) in [7, 11) is 0. The summed E-state index contributed by atoms with van der Waals surface area (Å²) in [6.07, 6.45) is 2.15.